The predicted molar refractivity (Wildman–Crippen MR) is 116 cm³/mol. The molecule has 0 heterocycles. The fraction of sp³-hybridized carbons (Fsp3) is 0.273. The van der Waals surface area contributed by atoms with E-state index in [1.807, 2.05) is 0 Å². The Bertz CT molecular complexity index is 913. The molecule has 0 saturated heterocycles. The number of hydrogen-bond acceptors (Lipinski definition) is 6. The summed E-state index contributed by atoms with van der Waals surface area (Å²) < 4.78 is 9.80. The minimum atomic E-state index is -0.571. The van der Waals surface area contributed by atoms with Gasteiger partial charge in [-0.15, -0.1) is 0 Å². The number of anilines is 2. The van der Waals surface area contributed by atoms with Gasteiger partial charge in [0.2, 0.25) is 5.91 Å². The van der Waals surface area contributed by atoms with Gasteiger partial charge in [0.15, 0.2) is 6.61 Å². The average Bonchev–Trinajstić information content (AvgIpc) is 2.74. The van der Waals surface area contributed by atoms with Gasteiger partial charge in [-0.2, -0.15) is 0 Å². The maximum atomic E-state index is 12.0. The number of nitrogens with one attached hydrogen (secondary N) is 2. The van der Waals surface area contributed by atoms with Gasteiger partial charge in [0.1, 0.15) is 0 Å². The predicted octanol–water partition coefficient (Wildman–Crippen LogP) is 3.81. The van der Waals surface area contributed by atoms with Crippen molar-refractivity contribution in [3.05, 3.63) is 59.1 Å². The molecule has 31 heavy (non-hydrogen) atoms. The first-order chi connectivity index (χ1) is 14.9. The van der Waals surface area contributed by atoms with E-state index in [0.29, 0.717) is 22.0 Å². The molecule has 2 amide bonds. The van der Waals surface area contributed by atoms with Crippen LogP contribution >= 0.6 is 11.6 Å². The Balaban J connectivity index is 1.63. The van der Waals surface area contributed by atoms with Gasteiger partial charge in [0.25, 0.3) is 5.91 Å². The standard InChI is InChI=1S/C22H23ClN2O6/c1-2-30-22(29)15-6-10-17(11-7-15)24-19(26)4-3-5-21(28)31-14-20(27)25-18-12-8-16(23)9-13-18/h6-13H,2-5,14H2,1H3,(H,24,26)(H,25,27). The molecule has 0 aliphatic rings. The zero-order valence-electron chi connectivity index (χ0n) is 17.0. The summed E-state index contributed by atoms with van der Waals surface area (Å²) in [4.78, 5) is 47.1. The summed E-state index contributed by atoms with van der Waals surface area (Å²) >= 11 is 5.77. The van der Waals surface area contributed by atoms with Crippen molar-refractivity contribution in [2.45, 2.75) is 26.2 Å². The first kappa shape index (κ1) is 23.9. The lowest BCUT2D eigenvalue weighted by Crippen LogP contribution is -2.21. The zero-order valence-corrected chi connectivity index (χ0v) is 17.7. The fourth-order valence-electron chi connectivity index (χ4n) is 2.47. The van der Waals surface area contributed by atoms with Gasteiger partial charge in [0, 0.05) is 29.2 Å². The van der Waals surface area contributed by atoms with Gasteiger partial charge < -0.3 is 20.1 Å². The molecule has 2 aromatic rings. The normalized spacial score (nSPS) is 10.1. The van der Waals surface area contributed by atoms with Crippen LogP contribution in [0.4, 0.5) is 11.4 Å². The summed E-state index contributed by atoms with van der Waals surface area (Å²) in [6.45, 7) is 1.59. The Labute approximate surface area is 184 Å². The molecule has 9 heteroatoms. The van der Waals surface area contributed by atoms with E-state index in [4.69, 9.17) is 21.1 Å². The van der Waals surface area contributed by atoms with E-state index in [1.165, 1.54) is 0 Å². The van der Waals surface area contributed by atoms with Crippen LogP contribution < -0.4 is 10.6 Å². The van der Waals surface area contributed by atoms with Crippen molar-refractivity contribution in [2.24, 2.45) is 0 Å². The van der Waals surface area contributed by atoms with Crippen LogP contribution in [0, 0.1) is 0 Å². The Morgan fingerprint density at radius 3 is 2.00 bits per heavy atom. The second-order valence-corrected chi connectivity index (χ2v) is 6.85. The Kier molecular flexibility index (Phi) is 9.51. The lowest BCUT2D eigenvalue weighted by molar-refractivity contribution is -0.147. The molecular formula is C22H23ClN2O6. The number of carbonyl (C=O) groups is 4. The molecular weight excluding hydrogens is 424 g/mol. The maximum absolute atomic E-state index is 12.0. The van der Waals surface area contributed by atoms with Crippen LogP contribution in [0.1, 0.15) is 36.5 Å². The molecule has 0 spiro atoms. The van der Waals surface area contributed by atoms with Gasteiger partial charge in [-0.05, 0) is 61.9 Å². The highest BCUT2D eigenvalue weighted by atomic mass is 35.5. The topological polar surface area (TPSA) is 111 Å². The van der Waals surface area contributed by atoms with Crippen molar-refractivity contribution in [1.29, 1.82) is 0 Å². The van der Waals surface area contributed by atoms with Crippen molar-refractivity contribution < 1.29 is 28.7 Å². The number of rotatable bonds is 10. The quantitative estimate of drug-likeness (QED) is 0.537. The molecule has 8 nitrogen and oxygen atoms in total. The lowest BCUT2D eigenvalue weighted by atomic mass is 10.2. The van der Waals surface area contributed by atoms with Crippen LogP contribution in [0.25, 0.3) is 0 Å². The van der Waals surface area contributed by atoms with Crippen LogP contribution in [0.2, 0.25) is 5.02 Å². The molecule has 0 unspecified atom stereocenters. The van der Waals surface area contributed by atoms with Gasteiger partial charge in [-0.1, -0.05) is 11.6 Å². The molecule has 0 bridgehead atoms. The molecule has 2 N–H and O–H groups in total. The van der Waals surface area contributed by atoms with Crippen molar-refractivity contribution in [2.75, 3.05) is 23.8 Å². The molecule has 0 aromatic heterocycles. The Hall–Kier alpha value is -3.39. The first-order valence-corrected chi connectivity index (χ1v) is 10.0. The summed E-state index contributed by atoms with van der Waals surface area (Å²) in [5, 5.41) is 5.80. The molecule has 164 valence electrons. The molecule has 0 aliphatic carbocycles. The van der Waals surface area contributed by atoms with E-state index in [9.17, 15) is 19.2 Å². The third-order valence-corrected chi connectivity index (χ3v) is 4.21. The highest BCUT2D eigenvalue weighted by molar-refractivity contribution is 6.30. The van der Waals surface area contributed by atoms with E-state index in [-0.39, 0.29) is 31.8 Å². The highest BCUT2D eigenvalue weighted by Crippen LogP contribution is 2.14. The second-order valence-electron chi connectivity index (χ2n) is 6.42. The van der Waals surface area contributed by atoms with Crippen LogP contribution in [0.15, 0.2) is 48.5 Å². The smallest absolute Gasteiger partial charge is 0.338 e. The summed E-state index contributed by atoms with van der Waals surface area (Å²) in [5.41, 5.74) is 1.46. The largest absolute Gasteiger partial charge is 0.462 e. The van der Waals surface area contributed by atoms with Crippen molar-refractivity contribution in [3.63, 3.8) is 0 Å². The number of halogens is 1. The minimum Gasteiger partial charge on any atom is -0.462 e. The number of esters is 2. The van der Waals surface area contributed by atoms with Gasteiger partial charge in [-0.3, -0.25) is 14.4 Å². The SMILES string of the molecule is CCOC(=O)c1ccc(NC(=O)CCCC(=O)OCC(=O)Nc2ccc(Cl)cc2)cc1. The third kappa shape index (κ3) is 8.88. The van der Waals surface area contributed by atoms with Crippen molar-refractivity contribution >= 4 is 46.7 Å². The average molecular weight is 447 g/mol. The van der Waals surface area contributed by atoms with Crippen molar-refractivity contribution in [3.8, 4) is 0 Å². The van der Waals surface area contributed by atoms with E-state index in [2.05, 4.69) is 10.6 Å². The minimum absolute atomic E-state index is 0.00341. The van der Waals surface area contributed by atoms with Crippen LogP contribution in [-0.2, 0) is 23.9 Å². The molecule has 2 aromatic carbocycles. The molecule has 0 fully saturated rings. The highest BCUT2D eigenvalue weighted by Gasteiger charge is 2.11. The molecule has 0 atom stereocenters. The fourth-order valence-corrected chi connectivity index (χ4v) is 2.60. The third-order valence-electron chi connectivity index (χ3n) is 3.96. The maximum Gasteiger partial charge on any atom is 0.338 e. The number of benzene rings is 2. The number of amides is 2. The monoisotopic (exact) mass is 446 g/mol. The zero-order chi connectivity index (χ0) is 22.6. The molecule has 2 rings (SSSR count). The van der Waals surface area contributed by atoms with E-state index < -0.39 is 24.5 Å². The van der Waals surface area contributed by atoms with E-state index in [0.717, 1.165) is 0 Å². The summed E-state index contributed by atoms with van der Waals surface area (Å²) in [6, 6.07) is 12.8. The van der Waals surface area contributed by atoms with E-state index >= 15 is 0 Å². The Morgan fingerprint density at radius 1 is 0.806 bits per heavy atom. The summed E-state index contributed by atoms with van der Waals surface area (Å²) in [5.74, 6) is -1.75. The second kappa shape index (κ2) is 12.3. The number of carbonyl (C=O) groups excluding carboxylic acids is 4. The van der Waals surface area contributed by atoms with Gasteiger partial charge in [-0.25, -0.2) is 4.79 Å². The van der Waals surface area contributed by atoms with Crippen LogP contribution in [0.5, 0.6) is 0 Å². The number of hydrogen-bond donors (Lipinski definition) is 2. The summed E-state index contributed by atoms with van der Waals surface area (Å²) in [7, 11) is 0. The molecule has 0 aliphatic heterocycles. The van der Waals surface area contributed by atoms with Crippen molar-refractivity contribution in [1.82, 2.24) is 0 Å². The first-order valence-electron chi connectivity index (χ1n) is 9.65. The van der Waals surface area contributed by atoms with E-state index in [1.54, 1.807) is 55.5 Å². The summed E-state index contributed by atoms with van der Waals surface area (Å²) in [6.07, 6.45) is 0.375. The van der Waals surface area contributed by atoms with Gasteiger partial charge in [0.05, 0.1) is 12.2 Å². The van der Waals surface area contributed by atoms with Gasteiger partial charge >= 0.3 is 11.9 Å². The van der Waals surface area contributed by atoms with Crippen LogP contribution in [-0.4, -0.2) is 37.0 Å². The molecule has 0 saturated carbocycles. The Morgan fingerprint density at radius 2 is 1.39 bits per heavy atom. The van der Waals surface area contributed by atoms with Crippen LogP contribution in [0.3, 0.4) is 0 Å². The molecule has 0 radical (unpaired) electrons. The lowest BCUT2D eigenvalue weighted by Gasteiger charge is -2.08. The number of ether oxygens (including phenoxy) is 2.